The van der Waals surface area contributed by atoms with Gasteiger partial charge < -0.3 is 10.1 Å². The van der Waals surface area contributed by atoms with Crippen LogP contribution in [0.3, 0.4) is 0 Å². The molecule has 0 fully saturated rings. The summed E-state index contributed by atoms with van der Waals surface area (Å²) in [6.45, 7) is 0.471. The average Bonchev–Trinajstić information content (AvgIpc) is 2.89. The summed E-state index contributed by atoms with van der Waals surface area (Å²) >= 11 is 1.49. The van der Waals surface area contributed by atoms with E-state index in [-0.39, 0.29) is 5.56 Å². The Morgan fingerprint density at radius 2 is 2.39 bits per heavy atom. The van der Waals surface area contributed by atoms with Crippen molar-refractivity contribution in [1.82, 2.24) is 4.98 Å². The lowest BCUT2D eigenvalue weighted by molar-refractivity contribution is 0.0601. The summed E-state index contributed by atoms with van der Waals surface area (Å²) in [6, 6.07) is 3.94. The van der Waals surface area contributed by atoms with Crippen molar-refractivity contribution in [2.45, 2.75) is 6.54 Å². The van der Waals surface area contributed by atoms with Crippen LogP contribution in [0.4, 0.5) is 10.1 Å². The number of nitrogens with zero attached hydrogens (tertiary/aromatic N) is 1. The van der Waals surface area contributed by atoms with Gasteiger partial charge in [-0.1, -0.05) is 0 Å². The third-order valence-electron chi connectivity index (χ3n) is 2.33. The van der Waals surface area contributed by atoms with E-state index in [1.807, 2.05) is 5.38 Å². The average molecular weight is 266 g/mol. The van der Waals surface area contributed by atoms with Crippen LogP contribution in [0, 0.1) is 5.82 Å². The van der Waals surface area contributed by atoms with Gasteiger partial charge in [0.15, 0.2) is 0 Å². The second-order valence-corrected chi connectivity index (χ2v) is 4.23. The van der Waals surface area contributed by atoms with Crippen molar-refractivity contribution >= 4 is 23.0 Å². The summed E-state index contributed by atoms with van der Waals surface area (Å²) in [5.74, 6) is -1.05. The van der Waals surface area contributed by atoms with Crippen molar-refractivity contribution in [1.29, 1.82) is 0 Å². The molecule has 2 rings (SSSR count). The predicted octanol–water partition coefficient (Wildman–Crippen LogP) is 2.68. The molecule has 1 aromatic carbocycles. The topological polar surface area (TPSA) is 51.2 Å². The van der Waals surface area contributed by atoms with Crippen LogP contribution in [-0.4, -0.2) is 18.1 Å². The number of nitrogens with one attached hydrogen (secondary N) is 1. The van der Waals surface area contributed by atoms with Crippen LogP contribution < -0.4 is 5.32 Å². The van der Waals surface area contributed by atoms with E-state index in [2.05, 4.69) is 15.0 Å². The lowest BCUT2D eigenvalue weighted by Gasteiger charge is -2.09. The zero-order valence-corrected chi connectivity index (χ0v) is 10.5. The maximum absolute atomic E-state index is 13.1. The molecule has 1 aromatic heterocycles. The molecule has 0 radical (unpaired) electrons. The smallest absolute Gasteiger partial charge is 0.340 e. The van der Waals surface area contributed by atoms with Crippen molar-refractivity contribution in [3.8, 4) is 0 Å². The third-order valence-corrected chi connectivity index (χ3v) is 2.97. The Labute approximate surface area is 107 Å². The minimum atomic E-state index is -0.574. The van der Waals surface area contributed by atoms with Gasteiger partial charge in [0.1, 0.15) is 5.82 Å². The number of benzene rings is 1. The van der Waals surface area contributed by atoms with Crippen molar-refractivity contribution in [2.75, 3.05) is 12.4 Å². The number of aromatic nitrogens is 1. The molecule has 0 atom stereocenters. The Balaban J connectivity index is 2.18. The van der Waals surface area contributed by atoms with Crippen LogP contribution in [0.15, 0.2) is 29.1 Å². The number of hydrogen-bond donors (Lipinski definition) is 1. The summed E-state index contributed by atoms with van der Waals surface area (Å²) in [7, 11) is 1.26. The van der Waals surface area contributed by atoms with E-state index in [4.69, 9.17) is 0 Å². The normalized spacial score (nSPS) is 10.1. The van der Waals surface area contributed by atoms with E-state index in [9.17, 15) is 9.18 Å². The molecule has 94 valence electrons. The van der Waals surface area contributed by atoms with Gasteiger partial charge in [0, 0.05) is 11.1 Å². The summed E-state index contributed by atoms with van der Waals surface area (Å²) in [5.41, 5.74) is 3.28. The molecule has 0 spiro atoms. The predicted molar refractivity (Wildman–Crippen MR) is 67.2 cm³/mol. The first-order valence-electron chi connectivity index (χ1n) is 5.19. The van der Waals surface area contributed by atoms with Gasteiger partial charge in [-0.05, 0) is 18.2 Å². The first-order valence-corrected chi connectivity index (χ1v) is 6.14. The SMILES string of the molecule is COC(=O)c1cc(F)ccc1NCc1cscn1. The first-order chi connectivity index (χ1) is 8.70. The number of rotatable bonds is 4. The highest BCUT2D eigenvalue weighted by molar-refractivity contribution is 7.07. The molecular weight excluding hydrogens is 255 g/mol. The molecule has 2 aromatic rings. The lowest BCUT2D eigenvalue weighted by atomic mass is 10.1. The Kier molecular flexibility index (Phi) is 3.88. The van der Waals surface area contributed by atoms with Gasteiger partial charge in [0.25, 0.3) is 0 Å². The van der Waals surface area contributed by atoms with Crippen LogP contribution in [0.25, 0.3) is 0 Å². The van der Waals surface area contributed by atoms with Crippen LogP contribution in [-0.2, 0) is 11.3 Å². The van der Waals surface area contributed by atoms with Gasteiger partial charge in [-0.3, -0.25) is 0 Å². The van der Waals surface area contributed by atoms with Gasteiger partial charge >= 0.3 is 5.97 Å². The first kappa shape index (κ1) is 12.5. The molecule has 0 aliphatic rings. The molecule has 0 saturated carbocycles. The Morgan fingerprint density at radius 3 is 3.06 bits per heavy atom. The molecule has 0 bridgehead atoms. The quantitative estimate of drug-likeness (QED) is 0.864. The number of carbonyl (C=O) groups is 1. The number of carbonyl (C=O) groups excluding carboxylic acids is 1. The number of hydrogen-bond acceptors (Lipinski definition) is 5. The Morgan fingerprint density at radius 1 is 1.56 bits per heavy atom. The highest BCUT2D eigenvalue weighted by atomic mass is 32.1. The van der Waals surface area contributed by atoms with Crippen molar-refractivity contribution < 1.29 is 13.9 Å². The van der Waals surface area contributed by atoms with Crippen molar-refractivity contribution in [3.63, 3.8) is 0 Å². The highest BCUT2D eigenvalue weighted by Gasteiger charge is 2.12. The van der Waals surface area contributed by atoms with Gasteiger partial charge in [0.2, 0.25) is 0 Å². The summed E-state index contributed by atoms with van der Waals surface area (Å²) in [6.07, 6.45) is 0. The number of halogens is 1. The van der Waals surface area contributed by atoms with E-state index in [1.165, 1.54) is 30.6 Å². The second kappa shape index (κ2) is 5.59. The fourth-order valence-corrected chi connectivity index (χ4v) is 2.02. The van der Waals surface area contributed by atoms with Gasteiger partial charge in [-0.25, -0.2) is 14.2 Å². The number of esters is 1. The van der Waals surface area contributed by atoms with Crippen LogP contribution in [0.2, 0.25) is 0 Å². The Hall–Kier alpha value is -1.95. The molecule has 1 N–H and O–H groups in total. The molecule has 18 heavy (non-hydrogen) atoms. The second-order valence-electron chi connectivity index (χ2n) is 3.51. The number of ether oxygens (including phenoxy) is 1. The van der Waals surface area contributed by atoms with E-state index in [0.717, 1.165) is 11.8 Å². The van der Waals surface area contributed by atoms with Crippen LogP contribution in [0.1, 0.15) is 16.1 Å². The van der Waals surface area contributed by atoms with E-state index in [1.54, 1.807) is 5.51 Å². The molecule has 1 heterocycles. The summed E-state index contributed by atoms with van der Waals surface area (Å²) in [5, 5.41) is 4.93. The zero-order valence-electron chi connectivity index (χ0n) is 9.64. The van der Waals surface area contributed by atoms with E-state index < -0.39 is 11.8 Å². The summed E-state index contributed by atoms with van der Waals surface area (Å²) in [4.78, 5) is 15.6. The number of thiazole rings is 1. The molecule has 6 heteroatoms. The van der Waals surface area contributed by atoms with Gasteiger partial charge in [-0.15, -0.1) is 11.3 Å². The largest absolute Gasteiger partial charge is 0.465 e. The van der Waals surface area contributed by atoms with E-state index in [0.29, 0.717) is 12.2 Å². The van der Waals surface area contributed by atoms with E-state index >= 15 is 0 Å². The fourth-order valence-electron chi connectivity index (χ4n) is 1.46. The standard InChI is InChI=1S/C12H11FN2O2S/c1-17-12(16)10-4-8(13)2-3-11(10)14-5-9-6-18-7-15-9/h2-4,6-7,14H,5H2,1H3. The van der Waals surface area contributed by atoms with Crippen molar-refractivity contribution in [3.05, 3.63) is 46.2 Å². The lowest BCUT2D eigenvalue weighted by Crippen LogP contribution is -2.08. The molecule has 0 unspecified atom stereocenters. The zero-order chi connectivity index (χ0) is 13.0. The molecule has 4 nitrogen and oxygen atoms in total. The highest BCUT2D eigenvalue weighted by Crippen LogP contribution is 2.19. The number of anilines is 1. The van der Waals surface area contributed by atoms with Crippen LogP contribution >= 0.6 is 11.3 Å². The molecule has 0 aliphatic carbocycles. The van der Waals surface area contributed by atoms with Gasteiger partial charge in [0.05, 0.1) is 30.4 Å². The fraction of sp³-hybridized carbons (Fsp3) is 0.167. The minimum absolute atomic E-state index is 0.174. The van der Waals surface area contributed by atoms with Crippen molar-refractivity contribution in [2.24, 2.45) is 0 Å². The molecule has 0 amide bonds. The maximum Gasteiger partial charge on any atom is 0.340 e. The molecular formula is C12H11FN2O2S. The summed E-state index contributed by atoms with van der Waals surface area (Å²) < 4.78 is 17.7. The minimum Gasteiger partial charge on any atom is -0.465 e. The molecule has 0 aliphatic heterocycles. The number of methoxy groups -OCH3 is 1. The Bertz CT molecular complexity index is 543. The third kappa shape index (κ3) is 2.84. The maximum atomic E-state index is 13.1. The van der Waals surface area contributed by atoms with Gasteiger partial charge in [-0.2, -0.15) is 0 Å². The monoisotopic (exact) mass is 266 g/mol. The van der Waals surface area contributed by atoms with Crippen LogP contribution in [0.5, 0.6) is 0 Å². The molecule has 0 saturated heterocycles.